The van der Waals surface area contributed by atoms with Gasteiger partial charge in [0, 0.05) is 25.1 Å². The Bertz CT molecular complexity index is 1140. The number of aryl methyl sites for hydroxylation is 1. The van der Waals surface area contributed by atoms with Crippen molar-refractivity contribution in [3.8, 4) is 0 Å². The lowest BCUT2D eigenvalue weighted by atomic mass is 10.2. The molecule has 0 fully saturated rings. The van der Waals surface area contributed by atoms with E-state index in [2.05, 4.69) is 5.32 Å². The first-order chi connectivity index (χ1) is 16.8. The lowest BCUT2D eigenvalue weighted by Crippen LogP contribution is -2.45. The van der Waals surface area contributed by atoms with Gasteiger partial charge in [0.25, 0.3) is 0 Å². The summed E-state index contributed by atoms with van der Waals surface area (Å²) in [5.41, 5.74) is 2.13. The number of para-hydroxylation sites is 1. The van der Waals surface area contributed by atoms with Crippen molar-refractivity contribution in [2.45, 2.75) is 20.0 Å². The SMILES string of the molecule is COCCN(CC(=O)N(Cc1ccc(F)cc1)Cc1sccc1C)C(=O)Nc1c(Cl)cccc1Cl. The molecular weight excluding hydrogens is 512 g/mol. The van der Waals surface area contributed by atoms with Crippen molar-refractivity contribution >= 4 is 52.2 Å². The molecule has 35 heavy (non-hydrogen) atoms. The van der Waals surface area contributed by atoms with Crippen molar-refractivity contribution in [3.63, 3.8) is 0 Å². The standard InChI is InChI=1S/C25H26Cl2FN3O3S/c1-17-10-13-35-22(17)15-31(14-18-6-8-19(28)9-7-18)23(32)16-30(11-12-34-2)25(33)29-24-20(26)4-3-5-21(24)27/h3-10,13H,11-12,14-16H2,1-2H3,(H,29,33). The Morgan fingerprint density at radius 2 is 1.71 bits per heavy atom. The molecule has 0 spiro atoms. The Hall–Kier alpha value is -2.65. The van der Waals surface area contributed by atoms with E-state index < -0.39 is 6.03 Å². The molecule has 0 bridgehead atoms. The Balaban J connectivity index is 1.80. The van der Waals surface area contributed by atoms with Crippen molar-refractivity contribution in [1.82, 2.24) is 9.80 Å². The smallest absolute Gasteiger partial charge is 0.322 e. The van der Waals surface area contributed by atoms with Crippen molar-refractivity contribution in [3.05, 3.63) is 85.8 Å². The number of anilines is 1. The molecule has 1 aromatic heterocycles. The van der Waals surface area contributed by atoms with Crippen LogP contribution in [0, 0.1) is 12.7 Å². The predicted octanol–water partition coefficient (Wildman–Crippen LogP) is 6.21. The number of benzene rings is 2. The van der Waals surface area contributed by atoms with E-state index in [4.69, 9.17) is 27.9 Å². The van der Waals surface area contributed by atoms with Gasteiger partial charge in [0.15, 0.2) is 0 Å². The number of carbonyl (C=O) groups is 2. The second-order valence-corrected chi connectivity index (χ2v) is 9.66. The zero-order chi connectivity index (χ0) is 25.4. The normalized spacial score (nSPS) is 10.8. The van der Waals surface area contributed by atoms with Crippen LogP contribution in [0.4, 0.5) is 14.9 Å². The molecule has 0 aliphatic rings. The Morgan fingerprint density at radius 3 is 2.31 bits per heavy atom. The molecule has 0 unspecified atom stereocenters. The number of nitrogens with one attached hydrogen (secondary N) is 1. The highest BCUT2D eigenvalue weighted by atomic mass is 35.5. The van der Waals surface area contributed by atoms with E-state index in [1.807, 2.05) is 18.4 Å². The molecule has 0 aliphatic heterocycles. The molecular formula is C25H26Cl2FN3O3S. The molecule has 0 aliphatic carbocycles. The Kier molecular flexibility index (Phi) is 9.92. The quantitative estimate of drug-likeness (QED) is 0.334. The average molecular weight is 538 g/mol. The fraction of sp³-hybridized carbons (Fsp3) is 0.280. The fourth-order valence-electron chi connectivity index (χ4n) is 3.30. The van der Waals surface area contributed by atoms with Gasteiger partial charge in [0.2, 0.25) is 5.91 Å². The Labute approximate surface area is 218 Å². The maximum Gasteiger partial charge on any atom is 0.322 e. The van der Waals surface area contributed by atoms with Gasteiger partial charge in [0.05, 0.1) is 28.9 Å². The topological polar surface area (TPSA) is 61.9 Å². The van der Waals surface area contributed by atoms with Crippen LogP contribution < -0.4 is 5.32 Å². The fourth-order valence-corrected chi connectivity index (χ4v) is 4.71. The number of rotatable bonds is 10. The monoisotopic (exact) mass is 537 g/mol. The van der Waals surface area contributed by atoms with Crippen LogP contribution in [-0.4, -0.2) is 48.5 Å². The number of nitrogens with zero attached hydrogens (tertiary/aromatic N) is 2. The summed E-state index contributed by atoms with van der Waals surface area (Å²) in [6.07, 6.45) is 0. The van der Waals surface area contributed by atoms with Gasteiger partial charge in [-0.2, -0.15) is 0 Å². The molecule has 0 saturated heterocycles. The molecule has 6 nitrogen and oxygen atoms in total. The highest BCUT2D eigenvalue weighted by Gasteiger charge is 2.23. The van der Waals surface area contributed by atoms with E-state index in [9.17, 15) is 14.0 Å². The minimum atomic E-state index is -0.528. The zero-order valence-corrected chi connectivity index (χ0v) is 21.7. The maximum atomic E-state index is 13.5. The van der Waals surface area contributed by atoms with Gasteiger partial charge in [0.1, 0.15) is 12.4 Å². The van der Waals surface area contributed by atoms with Crippen LogP contribution in [0.3, 0.4) is 0 Å². The number of ether oxygens (including phenoxy) is 1. The minimum Gasteiger partial charge on any atom is -0.383 e. The highest BCUT2D eigenvalue weighted by molar-refractivity contribution is 7.10. The number of hydrogen-bond donors (Lipinski definition) is 1. The van der Waals surface area contributed by atoms with Crippen LogP contribution in [0.2, 0.25) is 10.0 Å². The first-order valence-corrected chi connectivity index (χ1v) is 12.5. The van der Waals surface area contributed by atoms with Gasteiger partial charge in [-0.05, 0) is 53.8 Å². The minimum absolute atomic E-state index is 0.179. The molecule has 0 saturated carbocycles. The van der Waals surface area contributed by atoms with Crippen molar-refractivity contribution in [2.75, 3.05) is 32.1 Å². The van der Waals surface area contributed by atoms with Crippen molar-refractivity contribution in [1.29, 1.82) is 0 Å². The van der Waals surface area contributed by atoms with Gasteiger partial charge < -0.3 is 19.9 Å². The summed E-state index contributed by atoms with van der Waals surface area (Å²) in [5.74, 6) is -0.611. The van der Waals surface area contributed by atoms with E-state index in [0.717, 1.165) is 16.0 Å². The molecule has 1 heterocycles. The van der Waals surface area contributed by atoms with Crippen LogP contribution in [0.15, 0.2) is 53.9 Å². The molecule has 2 aromatic carbocycles. The van der Waals surface area contributed by atoms with Gasteiger partial charge >= 0.3 is 6.03 Å². The molecule has 186 valence electrons. The lowest BCUT2D eigenvalue weighted by molar-refractivity contribution is -0.133. The lowest BCUT2D eigenvalue weighted by Gasteiger charge is -2.28. The number of halogens is 3. The molecule has 0 radical (unpaired) electrons. The van der Waals surface area contributed by atoms with Gasteiger partial charge in [-0.15, -0.1) is 11.3 Å². The number of urea groups is 1. The zero-order valence-electron chi connectivity index (χ0n) is 19.4. The van der Waals surface area contributed by atoms with Gasteiger partial charge in [-0.1, -0.05) is 41.4 Å². The molecule has 1 N–H and O–H groups in total. The molecule has 3 aromatic rings. The maximum absolute atomic E-state index is 13.5. The van der Waals surface area contributed by atoms with Crippen LogP contribution >= 0.6 is 34.5 Å². The van der Waals surface area contributed by atoms with Crippen molar-refractivity contribution < 1.29 is 18.7 Å². The third-order valence-corrected chi connectivity index (χ3v) is 6.95. The number of amides is 3. The largest absolute Gasteiger partial charge is 0.383 e. The summed E-state index contributed by atoms with van der Waals surface area (Å²) in [4.78, 5) is 30.6. The number of thiophene rings is 1. The van der Waals surface area contributed by atoms with Crippen molar-refractivity contribution in [2.24, 2.45) is 0 Å². The van der Waals surface area contributed by atoms with E-state index in [1.54, 1.807) is 46.6 Å². The first kappa shape index (κ1) is 26.9. The summed E-state index contributed by atoms with van der Waals surface area (Å²) >= 11 is 13.9. The first-order valence-electron chi connectivity index (χ1n) is 10.8. The number of methoxy groups -OCH3 is 1. The van der Waals surface area contributed by atoms with E-state index >= 15 is 0 Å². The summed E-state index contributed by atoms with van der Waals surface area (Å²) in [6.45, 7) is 2.85. The summed E-state index contributed by atoms with van der Waals surface area (Å²) in [6, 6.07) is 12.4. The van der Waals surface area contributed by atoms with E-state index in [0.29, 0.717) is 6.54 Å². The molecule has 3 amide bonds. The third kappa shape index (κ3) is 7.67. The van der Waals surface area contributed by atoms with Crippen LogP contribution in [0.25, 0.3) is 0 Å². The predicted molar refractivity (Wildman–Crippen MR) is 139 cm³/mol. The molecule has 0 atom stereocenters. The van der Waals surface area contributed by atoms with Crippen LogP contribution in [0.5, 0.6) is 0 Å². The average Bonchev–Trinajstić information content (AvgIpc) is 3.24. The summed E-state index contributed by atoms with van der Waals surface area (Å²) < 4.78 is 18.5. The molecule has 3 rings (SSSR count). The second-order valence-electron chi connectivity index (χ2n) is 7.84. The van der Waals surface area contributed by atoms with Crippen LogP contribution in [0.1, 0.15) is 16.0 Å². The highest BCUT2D eigenvalue weighted by Crippen LogP contribution is 2.30. The van der Waals surface area contributed by atoms with Crippen LogP contribution in [-0.2, 0) is 22.6 Å². The third-order valence-electron chi connectivity index (χ3n) is 5.32. The summed E-state index contributed by atoms with van der Waals surface area (Å²) in [5, 5.41) is 5.24. The number of hydrogen-bond acceptors (Lipinski definition) is 4. The molecule has 10 heteroatoms. The van der Waals surface area contributed by atoms with E-state index in [-0.39, 0.29) is 53.7 Å². The van der Waals surface area contributed by atoms with Gasteiger partial charge in [-0.3, -0.25) is 4.79 Å². The Morgan fingerprint density at radius 1 is 1.03 bits per heavy atom. The number of carbonyl (C=O) groups excluding carboxylic acids is 2. The summed E-state index contributed by atoms with van der Waals surface area (Å²) in [7, 11) is 1.52. The van der Waals surface area contributed by atoms with Gasteiger partial charge in [-0.25, -0.2) is 9.18 Å². The van der Waals surface area contributed by atoms with E-state index in [1.165, 1.54) is 24.1 Å². The second kappa shape index (κ2) is 12.9.